The van der Waals surface area contributed by atoms with Gasteiger partial charge in [0.15, 0.2) is 0 Å². The summed E-state index contributed by atoms with van der Waals surface area (Å²) in [6.07, 6.45) is 6.74. The van der Waals surface area contributed by atoms with Crippen molar-refractivity contribution in [1.82, 2.24) is 0 Å². The zero-order chi connectivity index (χ0) is 11.8. The zero-order valence-corrected chi connectivity index (χ0v) is 9.39. The van der Waals surface area contributed by atoms with E-state index in [0.29, 0.717) is 12.0 Å². The van der Waals surface area contributed by atoms with Crippen molar-refractivity contribution in [3.63, 3.8) is 0 Å². The summed E-state index contributed by atoms with van der Waals surface area (Å²) in [6.45, 7) is 1.98. The molecule has 0 saturated heterocycles. The van der Waals surface area contributed by atoms with Crippen LogP contribution in [0.15, 0.2) is 54.1 Å². The molecule has 2 heteroatoms. The summed E-state index contributed by atoms with van der Waals surface area (Å²) in [5.74, 6) is -0.874. The van der Waals surface area contributed by atoms with E-state index in [9.17, 15) is 4.79 Å². The van der Waals surface area contributed by atoms with Gasteiger partial charge in [-0.25, -0.2) is 4.79 Å². The molecule has 1 aromatic rings. The monoisotopic (exact) mass is 216 g/mol. The van der Waals surface area contributed by atoms with Gasteiger partial charge < -0.3 is 5.11 Å². The molecule has 84 valence electrons. The average Bonchev–Trinajstić information content (AvgIpc) is 2.30. The van der Waals surface area contributed by atoms with Gasteiger partial charge in [-0.2, -0.15) is 0 Å². The highest BCUT2D eigenvalue weighted by molar-refractivity contribution is 5.89. The van der Waals surface area contributed by atoms with Gasteiger partial charge >= 0.3 is 5.97 Å². The lowest BCUT2D eigenvalue weighted by Crippen LogP contribution is -1.98. The van der Waals surface area contributed by atoms with Crippen molar-refractivity contribution >= 4 is 5.97 Å². The van der Waals surface area contributed by atoms with Crippen LogP contribution in [0.3, 0.4) is 0 Å². The van der Waals surface area contributed by atoms with E-state index in [1.54, 1.807) is 12.2 Å². The molecule has 2 nitrogen and oxygen atoms in total. The molecule has 0 bridgehead atoms. The third kappa shape index (κ3) is 4.13. The molecular formula is C14H16O2. The van der Waals surface area contributed by atoms with E-state index < -0.39 is 5.97 Å². The molecule has 1 N–H and O–H groups in total. The molecule has 0 heterocycles. The Bertz CT molecular complexity index is 388. The number of hydrogen-bond donors (Lipinski definition) is 1. The molecule has 0 spiro atoms. The summed E-state index contributed by atoms with van der Waals surface area (Å²) in [5.41, 5.74) is 1.47. The number of hydrogen-bond acceptors (Lipinski definition) is 1. The third-order valence-electron chi connectivity index (χ3n) is 2.18. The van der Waals surface area contributed by atoms with Crippen LogP contribution in [0.1, 0.15) is 18.9 Å². The van der Waals surface area contributed by atoms with Crippen molar-refractivity contribution in [3.05, 3.63) is 59.7 Å². The Kier molecular flexibility index (Phi) is 5.06. The zero-order valence-electron chi connectivity index (χ0n) is 9.39. The molecule has 0 atom stereocenters. The maximum atomic E-state index is 10.9. The van der Waals surface area contributed by atoms with Crippen LogP contribution >= 0.6 is 0 Å². The fourth-order valence-electron chi connectivity index (χ4n) is 1.31. The SMILES string of the molecule is CC/C=C\C(=C/Cc1ccccc1)C(=O)O. The van der Waals surface area contributed by atoms with E-state index in [1.807, 2.05) is 43.3 Å². The van der Waals surface area contributed by atoms with Crippen molar-refractivity contribution in [1.29, 1.82) is 0 Å². The largest absolute Gasteiger partial charge is 0.478 e. The van der Waals surface area contributed by atoms with Crippen LogP contribution in [0.4, 0.5) is 0 Å². The van der Waals surface area contributed by atoms with E-state index >= 15 is 0 Å². The van der Waals surface area contributed by atoms with Crippen molar-refractivity contribution in [2.45, 2.75) is 19.8 Å². The Morgan fingerprint density at radius 3 is 2.56 bits per heavy atom. The first-order valence-corrected chi connectivity index (χ1v) is 5.38. The van der Waals surface area contributed by atoms with Gasteiger partial charge in [0.2, 0.25) is 0 Å². The van der Waals surface area contributed by atoms with Gasteiger partial charge in [-0.3, -0.25) is 0 Å². The number of aliphatic carboxylic acids is 1. The number of allylic oxidation sites excluding steroid dienone is 2. The first-order chi connectivity index (χ1) is 7.74. The molecule has 1 aromatic carbocycles. The van der Waals surface area contributed by atoms with E-state index in [2.05, 4.69) is 0 Å². The average molecular weight is 216 g/mol. The Balaban J connectivity index is 2.72. The molecule has 0 fully saturated rings. The van der Waals surface area contributed by atoms with E-state index in [0.717, 1.165) is 12.0 Å². The molecule has 0 aliphatic rings. The van der Waals surface area contributed by atoms with Crippen LogP contribution in [-0.2, 0) is 11.2 Å². The first kappa shape index (κ1) is 12.2. The van der Waals surface area contributed by atoms with Crippen LogP contribution in [0.2, 0.25) is 0 Å². The Labute approximate surface area is 95.9 Å². The summed E-state index contributed by atoms with van der Waals surface area (Å²) >= 11 is 0. The first-order valence-electron chi connectivity index (χ1n) is 5.38. The van der Waals surface area contributed by atoms with Gasteiger partial charge in [0.1, 0.15) is 0 Å². The second-order valence-electron chi connectivity index (χ2n) is 3.46. The fraction of sp³-hybridized carbons (Fsp3) is 0.214. The number of carbonyl (C=O) groups is 1. The minimum Gasteiger partial charge on any atom is -0.478 e. The van der Waals surface area contributed by atoms with Gasteiger partial charge in [-0.1, -0.05) is 55.5 Å². The molecule has 0 unspecified atom stereocenters. The molecule has 16 heavy (non-hydrogen) atoms. The summed E-state index contributed by atoms with van der Waals surface area (Å²) in [6, 6.07) is 9.82. The Morgan fingerprint density at radius 2 is 2.00 bits per heavy atom. The van der Waals surface area contributed by atoms with E-state index in [4.69, 9.17) is 5.11 Å². The maximum absolute atomic E-state index is 10.9. The lowest BCUT2D eigenvalue weighted by Gasteiger charge is -1.97. The van der Waals surface area contributed by atoms with Crippen LogP contribution in [0, 0.1) is 0 Å². The smallest absolute Gasteiger partial charge is 0.335 e. The molecule has 0 radical (unpaired) electrons. The molecule has 1 rings (SSSR count). The highest BCUT2D eigenvalue weighted by Gasteiger charge is 2.01. The topological polar surface area (TPSA) is 37.3 Å². The number of carboxylic acids is 1. The molecule has 0 saturated carbocycles. The van der Waals surface area contributed by atoms with Gasteiger partial charge in [0, 0.05) is 0 Å². The van der Waals surface area contributed by atoms with Gasteiger partial charge in [0.05, 0.1) is 5.57 Å². The molecule has 0 aromatic heterocycles. The summed E-state index contributed by atoms with van der Waals surface area (Å²) in [4.78, 5) is 10.9. The van der Waals surface area contributed by atoms with Gasteiger partial charge in [-0.15, -0.1) is 0 Å². The van der Waals surface area contributed by atoms with E-state index in [-0.39, 0.29) is 0 Å². The lowest BCUT2D eigenvalue weighted by atomic mass is 10.1. The van der Waals surface area contributed by atoms with E-state index in [1.165, 1.54) is 0 Å². The predicted molar refractivity (Wildman–Crippen MR) is 65.3 cm³/mol. The van der Waals surface area contributed by atoms with Gasteiger partial charge in [-0.05, 0) is 18.4 Å². The summed E-state index contributed by atoms with van der Waals surface area (Å²) in [7, 11) is 0. The Hall–Kier alpha value is -1.83. The van der Waals surface area contributed by atoms with Crippen LogP contribution < -0.4 is 0 Å². The highest BCUT2D eigenvalue weighted by Crippen LogP contribution is 2.05. The van der Waals surface area contributed by atoms with Crippen molar-refractivity contribution in [2.24, 2.45) is 0 Å². The molecule has 0 aliphatic heterocycles. The molecular weight excluding hydrogens is 200 g/mol. The standard InChI is InChI=1S/C14H16O2/c1-2-3-9-13(14(15)16)11-10-12-7-5-4-6-8-12/h3-9,11H,2,10H2,1H3,(H,15,16)/b9-3-,13-11+. The second-order valence-corrected chi connectivity index (χ2v) is 3.46. The summed E-state index contributed by atoms with van der Waals surface area (Å²) in [5, 5.41) is 8.96. The fourth-order valence-corrected chi connectivity index (χ4v) is 1.31. The minimum atomic E-state index is -0.874. The van der Waals surface area contributed by atoms with Crippen molar-refractivity contribution in [2.75, 3.05) is 0 Å². The predicted octanol–water partition coefficient (Wildman–Crippen LogP) is 3.21. The minimum absolute atomic E-state index is 0.353. The van der Waals surface area contributed by atoms with Crippen molar-refractivity contribution in [3.8, 4) is 0 Å². The lowest BCUT2D eigenvalue weighted by molar-refractivity contribution is -0.132. The number of rotatable bonds is 5. The maximum Gasteiger partial charge on any atom is 0.335 e. The second kappa shape index (κ2) is 6.62. The summed E-state index contributed by atoms with van der Waals surface area (Å²) < 4.78 is 0. The molecule has 0 aliphatic carbocycles. The Morgan fingerprint density at radius 1 is 1.31 bits per heavy atom. The normalized spacial score (nSPS) is 11.9. The number of benzene rings is 1. The van der Waals surface area contributed by atoms with Crippen molar-refractivity contribution < 1.29 is 9.90 Å². The highest BCUT2D eigenvalue weighted by atomic mass is 16.4. The number of carboxylic acid groups (broad SMARTS) is 1. The third-order valence-corrected chi connectivity index (χ3v) is 2.18. The van der Waals surface area contributed by atoms with Crippen LogP contribution in [-0.4, -0.2) is 11.1 Å². The van der Waals surface area contributed by atoms with Crippen LogP contribution in [0.5, 0.6) is 0 Å². The molecule has 0 amide bonds. The van der Waals surface area contributed by atoms with Gasteiger partial charge in [0.25, 0.3) is 0 Å². The van der Waals surface area contributed by atoms with Crippen LogP contribution in [0.25, 0.3) is 0 Å². The quantitative estimate of drug-likeness (QED) is 0.606.